The van der Waals surface area contributed by atoms with Crippen LogP contribution in [0.2, 0.25) is 0 Å². The van der Waals surface area contributed by atoms with Crippen LogP contribution in [0.3, 0.4) is 0 Å². The van der Waals surface area contributed by atoms with Gasteiger partial charge in [-0.2, -0.15) is 4.68 Å². The normalized spacial score (nSPS) is 11.0. The molecule has 0 saturated heterocycles. The maximum atomic E-state index is 12.2. The molecule has 0 amide bonds. The molecule has 0 fully saturated rings. The zero-order chi connectivity index (χ0) is 16.9. The number of para-hydroxylation sites is 2. The first kappa shape index (κ1) is 16.0. The lowest BCUT2D eigenvalue weighted by Crippen LogP contribution is -2.20. The third-order valence-corrected chi connectivity index (χ3v) is 3.46. The van der Waals surface area contributed by atoms with Crippen molar-refractivity contribution in [3.05, 3.63) is 65.1 Å². The predicted octanol–water partition coefficient (Wildman–Crippen LogP) is 2.43. The summed E-state index contributed by atoms with van der Waals surface area (Å²) in [5, 5.41) is 4.30. The smallest absolute Gasteiger partial charge is 0.442 e. The van der Waals surface area contributed by atoms with Crippen LogP contribution >= 0.6 is 0 Å². The van der Waals surface area contributed by atoms with E-state index in [0.29, 0.717) is 18.0 Å². The molecule has 0 aliphatic carbocycles. The van der Waals surface area contributed by atoms with E-state index < -0.39 is 5.76 Å². The number of hydrogen-bond donors (Lipinski definition) is 0. The molecule has 1 aromatic heterocycles. The van der Waals surface area contributed by atoms with E-state index >= 15 is 0 Å². The van der Waals surface area contributed by atoms with E-state index in [2.05, 4.69) is 5.10 Å². The van der Waals surface area contributed by atoms with Gasteiger partial charge in [0, 0.05) is 12.1 Å². The summed E-state index contributed by atoms with van der Waals surface area (Å²) in [4.78, 5) is 14.2. The van der Waals surface area contributed by atoms with Gasteiger partial charge in [0.1, 0.15) is 18.0 Å². The number of aromatic nitrogens is 2. The van der Waals surface area contributed by atoms with Crippen molar-refractivity contribution < 1.29 is 9.15 Å². The molecule has 2 aromatic carbocycles. The zero-order valence-electron chi connectivity index (χ0n) is 13.7. The van der Waals surface area contributed by atoms with Gasteiger partial charge in [0.2, 0.25) is 5.89 Å². The summed E-state index contributed by atoms with van der Waals surface area (Å²) in [6.45, 7) is 1.29. The largest absolute Gasteiger partial charge is 0.490 e. The molecule has 0 bridgehead atoms. The molecule has 3 rings (SSSR count). The van der Waals surface area contributed by atoms with E-state index in [1.807, 2.05) is 67.5 Å². The quantitative estimate of drug-likeness (QED) is 0.696. The van der Waals surface area contributed by atoms with Gasteiger partial charge in [-0.05, 0) is 38.4 Å². The highest BCUT2D eigenvalue weighted by molar-refractivity contribution is 5.53. The van der Waals surface area contributed by atoms with Crippen LogP contribution in [0.15, 0.2) is 63.8 Å². The van der Waals surface area contributed by atoms with E-state index in [1.54, 1.807) is 6.07 Å². The van der Waals surface area contributed by atoms with Crippen molar-refractivity contribution >= 4 is 0 Å². The second-order valence-electron chi connectivity index (χ2n) is 5.57. The summed E-state index contributed by atoms with van der Waals surface area (Å²) in [5.41, 5.74) is 1.31. The van der Waals surface area contributed by atoms with Crippen LogP contribution < -0.4 is 10.5 Å². The SMILES string of the molecule is CN(C)CCOc1ccccc1-n1nc(-c2ccccc2)oc1=O. The second-order valence-corrected chi connectivity index (χ2v) is 5.57. The van der Waals surface area contributed by atoms with Gasteiger partial charge in [-0.25, -0.2) is 4.79 Å². The molecule has 6 nitrogen and oxygen atoms in total. The van der Waals surface area contributed by atoms with Crippen LogP contribution in [0.25, 0.3) is 17.1 Å². The molecular weight excluding hydrogens is 306 g/mol. The molecular formula is C18H19N3O3. The fraction of sp³-hybridized carbons (Fsp3) is 0.222. The first-order valence-electron chi connectivity index (χ1n) is 7.67. The molecule has 24 heavy (non-hydrogen) atoms. The van der Waals surface area contributed by atoms with Gasteiger partial charge in [0.05, 0.1) is 0 Å². The molecule has 0 radical (unpaired) electrons. The third kappa shape index (κ3) is 3.55. The lowest BCUT2D eigenvalue weighted by atomic mass is 10.2. The molecule has 3 aromatic rings. The number of likely N-dealkylation sites (N-methyl/N-ethyl adjacent to an activating group) is 1. The molecule has 0 unspecified atom stereocenters. The molecule has 0 atom stereocenters. The molecule has 6 heteroatoms. The van der Waals surface area contributed by atoms with Crippen molar-refractivity contribution in [2.45, 2.75) is 0 Å². The number of nitrogens with zero attached hydrogens (tertiary/aromatic N) is 3. The van der Waals surface area contributed by atoms with Gasteiger partial charge in [0.15, 0.2) is 0 Å². The molecule has 0 aliphatic rings. The monoisotopic (exact) mass is 325 g/mol. The summed E-state index contributed by atoms with van der Waals surface area (Å²) >= 11 is 0. The maximum absolute atomic E-state index is 12.2. The van der Waals surface area contributed by atoms with Crippen LogP contribution in [-0.2, 0) is 0 Å². The summed E-state index contributed by atoms with van der Waals surface area (Å²) in [7, 11) is 3.95. The minimum atomic E-state index is -0.544. The van der Waals surface area contributed by atoms with Gasteiger partial charge < -0.3 is 14.1 Å². The molecule has 0 aliphatic heterocycles. The van der Waals surface area contributed by atoms with Crippen LogP contribution in [0.5, 0.6) is 5.75 Å². The minimum Gasteiger partial charge on any atom is -0.490 e. The van der Waals surface area contributed by atoms with Crippen molar-refractivity contribution in [2.24, 2.45) is 0 Å². The lowest BCUT2D eigenvalue weighted by Gasteiger charge is -2.13. The van der Waals surface area contributed by atoms with E-state index in [0.717, 1.165) is 12.1 Å². The molecule has 124 valence electrons. The van der Waals surface area contributed by atoms with Crippen LogP contribution in [-0.4, -0.2) is 41.9 Å². The Hall–Kier alpha value is -2.86. The topological polar surface area (TPSA) is 60.5 Å². The highest BCUT2D eigenvalue weighted by Gasteiger charge is 2.15. The predicted molar refractivity (Wildman–Crippen MR) is 91.6 cm³/mol. The first-order chi connectivity index (χ1) is 11.6. The average molecular weight is 325 g/mol. The second kappa shape index (κ2) is 7.14. The molecule has 0 N–H and O–H groups in total. The number of hydrogen-bond acceptors (Lipinski definition) is 5. The Labute approximate surface area is 139 Å². The van der Waals surface area contributed by atoms with E-state index in [-0.39, 0.29) is 5.89 Å². The number of ether oxygens (including phenoxy) is 1. The van der Waals surface area contributed by atoms with Crippen LogP contribution in [0.1, 0.15) is 0 Å². The summed E-state index contributed by atoms with van der Waals surface area (Å²) in [6.07, 6.45) is 0. The summed E-state index contributed by atoms with van der Waals surface area (Å²) in [6, 6.07) is 16.6. The van der Waals surface area contributed by atoms with Crippen LogP contribution in [0, 0.1) is 0 Å². The Morgan fingerprint density at radius 3 is 2.54 bits per heavy atom. The van der Waals surface area contributed by atoms with E-state index in [4.69, 9.17) is 9.15 Å². The Balaban J connectivity index is 1.92. The van der Waals surface area contributed by atoms with Crippen molar-refractivity contribution in [3.63, 3.8) is 0 Å². The van der Waals surface area contributed by atoms with Crippen LogP contribution in [0.4, 0.5) is 0 Å². The lowest BCUT2D eigenvalue weighted by molar-refractivity contribution is 0.260. The van der Waals surface area contributed by atoms with Gasteiger partial charge >= 0.3 is 5.76 Å². The zero-order valence-corrected chi connectivity index (χ0v) is 13.7. The highest BCUT2D eigenvalue weighted by Crippen LogP contribution is 2.22. The molecule has 0 spiro atoms. The van der Waals surface area contributed by atoms with Gasteiger partial charge in [0.25, 0.3) is 0 Å². The summed E-state index contributed by atoms with van der Waals surface area (Å²) < 4.78 is 12.3. The van der Waals surface area contributed by atoms with E-state index in [9.17, 15) is 4.79 Å². The minimum absolute atomic E-state index is 0.281. The van der Waals surface area contributed by atoms with Crippen molar-refractivity contribution in [1.82, 2.24) is 14.7 Å². The van der Waals surface area contributed by atoms with E-state index in [1.165, 1.54) is 4.68 Å². The van der Waals surface area contributed by atoms with Crippen molar-refractivity contribution in [3.8, 4) is 22.9 Å². The van der Waals surface area contributed by atoms with Gasteiger partial charge in [-0.15, -0.1) is 5.10 Å². The standard InChI is InChI=1S/C18H19N3O3/c1-20(2)12-13-23-16-11-7-6-10-15(16)21-18(22)24-17(19-21)14-8-4-3-5-9-14/h3-11H,12-13H2,1-2H3. The Morgan fingerprint density at radius 2 is 1.79 bits per heavy atom. The number of rotatable bonds is 6. The fourth-order valence-electron chi connectivity index (χ4n) is 2.22. The average Bonchev–Trinajstić information content (AvgIpc) is 2.97. The molecule has 1 heterocycles. The highest BCUT2D eigenvalue weighted by atomic mass is 16.5. The van der Waals surface area contributed by atoms with Crippen molar-refractivity contribution in [1.29, 1.82) is 0 Å². The molecule has 0 saturated carbocycles. The third-order valence-electron chi connectivity index (χ3n) is 3.46. The maximum Gasteiger partial charge on any atom is 0.442 e. The van der Waals surface area contributed by atoms with Gasteiger partial charge in [-0.3, -0.25) is 0 Å². The number of benzene rings is 2. The first-order valence-corrected chi connectivity index (χ1v) is 7.67. The van der Waals surface area contributed by atoms with Gasteiger partial charge in [-0.1, -0.05) is 30.3 Å². The summed E-state index contributed by atoms with van der Waals surface area (Å²) in [5.74, 6) is 0.329. The Bertz CT molecular complexity index is 853. The van der Waals surface area contributed by atoms with Crippen molar-refractivity contribution in [2.75, 3.05) is 27.2 Å². The Morgan fingerprint density at radius 1 is 1.08 bits per heavy atom. The Kier molecular flexibility index (Phi) is 4.77. The fourth-order valence-corrected chi connectivity index (χ4v) is 2.22.